The quantitative estimate of drug-likeness (QED) is 0.448. The van der Waals surface area contributed by atoms with Crippen molar-refractivity contribution in [3.63, 3.8) is 0 Å². The molecule has 0 aliphatic rings. The van der Waals surface area contributed by atoms with Crippen molar-refractivity contribution in [3.8, 4) is 0 Å². The lowest BCUT2D eigenvalue weighted by Gasteiger charge is -2.16. The second kappa shape index (κ2) is 9.76. The Balaban J connectivity index is 2.52. The summed E-state index contributed by atoms with van der Waals surface area (Å²) < 4.78 is 22.5. The van der Waals surface area contributed by atoms with Crippen LogP contribution in [0.25, 0.3) is 0 Å². The minimum absolute atomic E-state index is 0.0104. The third-order valence-corrected chi connectivity index (χ3v) is 5.43. The van der Waals surface area contributed by atoms with Gasteiger partial charge in [-0.3, -0.25) is 14.2 Å². The molecular formula is C17H25O5P. The Morgan fingerprint density at radius 3 is 2.17 bits per heavy atom. The van der Waals surface area contributed by atoms with Crippen molar-refractivity contribution in [1.82, 2.24) is 0 Å². The summed E-state index contributed by atoms with van der Waals surface area (Å²) in [5, 5.41) is 0. The molecule has 0 aromatic heterocycles. The van der Waals surface area contributed by atoms with Crippen molar-refractivity contribution in [2.75, 3.05) is 19.4 Å². The summed E-state index contributed by atoms with van der Waals surface area (Å²) in [5.41, 5.74) is 0.641. The Labute approximate surface area is 137 Å². The molecule has 1 aromatic carbocycles. The van der Waals surface area contributed by atoms with Crippen LogP contribution in [0, 0.1) is 5.92 Å². The number of Topliss-reactive ketones (excluding diaryl/α,β-unsaturated/α-hetero) is 2. The van der Waals surface area contributed by atoms with Crippen molar-refractivity contribution < 1.29 is 23.2 Å². The van der Waals surface area contributed by atoms with Crippen LogP contribution in [0.15, 0.2) is 30.3 Å². The van der Waals surface area contributed by atoms with Crippen LogP contribution < -0.4 is 0 Å². The molecule has 0 fully saturated rings. The van der Waals surface area contributed by atoms with Crippen LogP contribution in [0.2, 0.25) is 0 Å². The highest BCUT2D eigenvalue weighted by atomic mass is 31.2. The standard InChI is InChI=1S/C17H25O5P/c1-4-21-23(20,22-5-2)13-16(18)12-11-14(3)17(19)15-9-7-6-8-10-15/h6-10,14H,4-5,11-13H2,1-3H3. The van der Waals surface area contributed by atoms with Gasteiger partial charge in [-0.15, -0.1) is 0 Å². The van der Waals surface area contributed by atoms with E-state index in [2.05, 4.69) is 0 Å². The van der Waals surface area contributed by atoms with Crippen molar-refractivity contribution in [2.45, 2.75) is 33.6 Å². The summed E-state index contributed by atoms with van der Waals surface area (Å²) in [7, 11) is -3.35. The first-order valence-electron chi connectivity index (χ1n) is 7.91. The summed E-state index contributed by atoms with van der Waals surface area (Å²) in [6.45, 7) is 5.67. The van der Waals surface area contributed by atoms with Crippen LogP contribution in [0.4, 0.5) is 0 Å². The van der Waals surface area contributed by atoms with E-state index in [1.807, 2.05) is 18.2 Å². The second-order valence-corrected chi connectivity index (χ2v) is 7.37. The van der Waals surface area contributed by atoms with E-state index in [-0.39, 0.29) is 43.3 Å². The molecule has 23 heavy (non-hydrogen) atoms. The van der Waals surface area contributed by atoms with Gasteiger partial charge in [0.1, 0.15) is 11.9 Å². The Hall–Kier alpha value is -1.29. The molecule has 1 aromatic rings. The van der Waals surface area contributed by atoms with E-state index in [1.165, 1.54) is 0 Å². The maximum Gasteiger partial charge on any atom is 0.338 e. The van der Waals surface area contributed by atoms with Gasteiger partial charge in [0, 0.05) is 17.9 Å². The molecule has 0 heterocycles. The molecule has 0 bridgehead atoms. The fourth-order valence-electron chi connectivity index (χ4n) is 2.21. The first kappa shape index (κ1) is 19.8. The molecule has 5 nitrogen and oxygen atoms in total. The molecule has 1 unspecified atom stereocenters. The molecule has 1 atom stereocenters. The van der Waals surface area contributed by atoms with E-state index in [1.54, 1.807) is 32.9 Å². The van der Waals surface area contributed by atoms with Crippen molar-refractivity contribution >= 4 is 19.2 Å². The molecule has 0 saturated carbocycles. The molecule has 0 radical (unpaired) electrons. The summed E-state index contributed by atoms with van der Waals surface area (Å²) in [6.07, 6.45) is 0.371. The SMILES string of the molecule is CCOP(=O)(CC(=O)CCC(C)C(=O)c1ccccc1)OCC. The summed E-state index contributed by atoms with van der Waals surface area (Å²) in [5.74, 6) is -0.459. The maximum atomic E-state index is 12.3. The van der Waals surface area contributed by atoms with Crippen LogP contribution in [0.1, 0.15) is 44.0 Å². The zero-order valence-electron chi connectivity index (χ0n) is 14.0. The van der Waals surface area contributed by atoms with Crippen LogP contribution in [-0.4, -0.2) is 30.9 Å². The molecular weight excluding hydrogens is 315 g/mol. The van der Waals surface area contributed by atoms with Gasteiger partial charge in [-0.2, -0.15) is 0 Å². The third-order valence-electron chi connectivity index (χ3n) is 3.38. The number of hydrogen-bond acceptors (Lipinski definition) is 5. The normalized spacial score (nSPS) is 12.8. The predicted octanol–water partition coefficient (Wildman–Crippen LogP) is 4.12. The van der Waals surface area contributed by atoms with Gasteiger partial charge in [0.05, 0.1) is 13.2 Å². The number of benzene rings is 1. The first-order chi connectivity index (χ1) is 10.9. The maximum absolute atomic E-state index is 12.3. The molecule has 0 amide bonds. The third kappa shape index (κ3) is 6.78. The van der Waals surface area contributed by atoms with Crippen LogP contribution in [-0.2, 0) is 18.4 Å². The van der Waals surface area contributed by atoms with E-state index >= 15 is 0 Å². The Morgan fingerprint density at radius 2 is 1.65 bits per heavy atom. The van der Waals surface area contributed by atoms with Crippen LogP contribution in [0.3, 0.4) is 0 Å². The lowest BCUT2D eigenvalue weighted by Crippen LogP contribution is -2.15. The average Bonchev–Trinajstić information content (AvgIpc) is 2.53. The van der Waals surface area contributed by atoms with Gasteiger partial charge in [-0.1, -0.05) is 37.3 Å². The summed E-state index contributed by atoms with van der Waals surface area (Å²) >= 11 is 0. The Kier molecular flexibility index (Phi) is 8.38. The fourth-order valence-corrected chi connectivity index (χ4v) is 3.85. The van der Waals surface area contributed by atoms with Gasteiger partial charge in [0.25, 0.3) is 0 Å². The lowest BCUT2D eigenvalue weighted by atomic mass is 9.94. The van der Waals surface area contributed by atoms with E-state index in [9.17, 15) is 14.2 Å². The smallest absolute Gasteiger partial charge is 0.309 e. The van der Waals surface area contributed by atoms with E-state index < -0.39 is 7.60 Å². The molecule has 6 heteroatoms. The zero-order chi connectivity index (χ0) is 17.3. The highest BCUT2D eigenvalue weighted by molar-refractivity contribution is 7.54. The number of carbonyl (C=O) groups is 2. The summed E-state index contributed by atoms with van der Waals surface area (Å²) in [6, 6.07) is 9.00. The predicted molar refractivity (Wildman–Crippen MR) is 89.9 cm³/mol. The summed E-state index contributed by atoms with van der Waals surface area (Å²) in [4.78, 5) is 24.3. The van der Waals surface area contributed by atoms with Gasteiger partial charge in [-0.05, 0) is 20.3 Å². The Morgan fingerprint density at radius 1 is 1.09 bits per heavy atom. The lowest BCUT2D eigenvalue weighted by molar-refractivity contribution is -0.117. The van der Waals surface area contributed by atoms with Gasteiger partial charge < -0.3 is 9.05 Å². The highest BCUT2D eigenvalue weighted by Gasteiger charge is 2.27. The number of rotatable bonds is 11. The fraction of sp³-hybridized carbons (Fsp3) is 0.529. The Bertz CT molecular complexity index is 545. The van der Waals surface area contributed by atoms with Gasteiger partial charge >= 0.3 is 7.60 Å². The average molecular weight is 340 g/mol. The van der Waals surface area contributed by atoms with Gasteiger partial charge in [-0.25, -0.2) is 0 Å². The number of ketones is 2. The van der Waals surface area contributed by atoms with E-state index in [4.69, 9.17) is 9.05 Å². The van der Waals surface area contributed by atoms with E-state index in [0.29, 0.717) is 12.0 Å². The molecule has 0 saturated heterocycles. The molecule has 0 N–H and O–H groups in total. The molecule has 0 aliphatic heterocycles. The van der Waals surface area contributed by atoms with Crippen molar-refractivity contribution in [1.29, 1.82) is 0 Å². The molecule has 128 valence electrons. The van der Waals surface area contributed by atoms with Gasteiger partial charge in [0.2, 0.25) is 0 Å². The molecule has 1 rings (SSSR count). The highest BCUT2D eigenvalue weighted by Crippen LogP contribution is 2.48. The second-order valence-electron chi connectivity index (χ2n) is 5.31. The molecule has 0 spiro atoms. The van der Waals surface area contributed by atoms with Crippen molar-refractivity contribution in [2.24, 2.45) is 5.92 Å². The topological polar surface area (TPSA) is 69.7 Å². The van der Waals surface area contributed by atoms with Crippen LogP contribution in [0.5, 0.6) is 0 Å². The number of carbonyl (C=O) groups excluding carboxylic acids is 2. The zero-order valence-corrected chi connectivity index (χ0v) is 14.9. The first-order valence-corrected chi connectivity index (χ1v) is 9.63. The van der Waals surface area contributed by atoms with Gasteiger partial charge in [0.15, 0.2) is 5.78 Å². The largest absolute Gasteiger partial charge is 0.338 e. The van der Waals surface area contributed by atoms with E-state index in [0.717, 1.165) is 0 Å². The van der Waals surface area contributed by atoms with Crippen LogP contribution >= 0.6 is 7.60 Å². The molecule has 0 aliphatic carbocycles. The minimum Gasteiger partial charge on any atom is -0.309 e. The number of hydrogen-bond donors (Lipinski definition) is 0. The monoisotopic (exact) mass is 340 g/mol. The minimum atomic E-state index is -3.35. The van der Waals surface area contributed by atoms with Crippen molar-refractivity contribution in [3.05, 3.63) is 35.9 Å².